The van der Waals surface area contributed by atoms with Crippen molar-refractivity contribution in [1.29, 1.82) is 0 Å². The largest absolute Gasteiger partial charge is 0.464 e. The Labute approximate surface area is 129 Å². The SMILES string of the molecule is Cc1cc(C)c(NS(=O)(=O)c2ccc3occc3c2)c(C)c1. The van der Waals surface area contributed by atoms with Crippen LogP contribution in [0.1, 0.15) is 16.7 Å². The average Bonchev–Trinajstić information content (AvgIpc) is 2.90. The Morgan fingerprint density at radius 3 is 2.32 bits per heavy atom. The first kappa shape index (κ1) is 14.7. The summed E-state index contributed by atoms with van der Waals surface area (Å²) >= 11 is 0. The van der Waals surface area contributed by atoms with Crippen molar-refractivity contribution in [3.05, 3.63) is 59.4 Å². The molecule has 0 aliphatic carbocycles. The van der Waals surface area contributed by atoms with Crippen LogP contribution >= 0.6 is 0 Å². The zero-order valence-corrected chi connectivity index (χ0v) is 13.5. The molecule has 0 spiro atoms. The van der Waals surface area contributed by atoms with Gasteiger partial charge in [0.15, 0.2) is 0 Å². The van der Waals surface area contributed by atoms with E-state index >= 15 is 0 Å². The summed E-state index contributed by atoms with van der Waals surface area (Å²) in [5, 5.41) is 0.764. The van der Waals surface area contributed by atoms with Gasteiger partial charge in [-0.2, -0.15) is 0 Å². The minimum absolute atomic E-state index is 0.223. The summed E-state index contributed by atoms with van der Waals surface area (Å²) < 4.78 is 33.2. The molecule has 1 heterocycles. The van der Waals surface area contributed by atoms with Crippen molar-refractivity contribution in [1.82, 2.24) is 0 Å². The van der Waals surface area contributed by atoms with Crippen LogP contribution in [0.15, 0.2) is 52.0 Å². The summed E-state index contributed by atoms with van der Waals surface area (Å²) in [5.74, 6) is 0. The summed E-state index contributed by atoms with van der Waals surface area (Å²) in [6.45, 7) is 5.79. The Balaban J connectivity index is 2.03. The molecule has 0 amide bonds. The Bertz CT molecular complexity index is 932. The molecule has 1 N–H and O–H groups in total. The van der Waals surface area contributed by atoms with Crippen LogP contribution < -0.4 is 4.72 Å². The summed E-state index contributed by atoms with van der Waals surface area (Å²) in [7, 11) is -3.63. The first-order valence-electron chi connectivity index (χ1n) is 6.95. The van der Waals surface area contributed by atoms with Gasteiger partial charge in [0, 0.05) is 5.39 Å². The fourth-order valence-electron chi connectivity index (χ4n) is 2.65. The highest BCUT2D eigenvalue weighted by Crippen LogP contribution is 2.26. The number of hydrogen-bond donors (Lipinski definition) is 1. The van der Waals surface area contributed by atoms with E-state index in [9.17, 15) is 8.42 Å². The number of furan rings is 1. The second-order valence-corrected chi connectivity index (χ2v) is 7.18. The van der Waals surface area contributed by atoms with Crippen molar-refractivity contribution in [2.75, 3.05) is 4.72 Å². The van der Waals surface area contributed by atoms with Crippen LogP contribution in [-0.2, 0) is 10.0 Å². The van der Waals surface area contributed by atoms with Gasteiger partial charge in [0.1, 0.15) is 5.58 Å². The number of sulfonamides is 1. The van der Waals surface area contributed by atoms with Crippen molar-refractivity contribution in [3.63, 3.8) is 0 Å². The highest BCUT2D eigenvalue weighted by Gasteiger charge is 2.17. The minimum atomic E-state index is -3.63. The first-order valence-corrected chi connectivity index (χ1v) is 8.43. The molecule has 0 saturated carbocycles. The van der Waals surface area contributed by atoms with Gasteiger partial charge in [0.05, 0.1) is 16.8 Å². The van der Waals surface area contributed by atoms with Crippen molar-refractivity contribution in [2.45, 2.75) is 25.7 Å². The van der Waals surface area contributed by atoms with Crippen LogP contribution in [0, 0.1) is 20.8 Å². The Kier molecular flexibility index (Phi) is 3.45. The number of fused-ring (bicyclic) bond motifs is 1. The summed E-state index contributed by atoms with van der Waals surface area (Å²) in [5.41, 5.74) is 4.23. The van der Waals surface area contributed by atoms with Crippen molar-refractivity contribution >= 4 is 26.7 Å². The Morgan fingerprint density at radius 1 is 0.955 bits per heavy atom. The van der Waals surface area contributed by atoms with E-state index in [0.717, 1.165) is 22.1 Å². The lowest BCUT2D eigenvalue weighted by molar-refractivity contribution is 0.601. The minimum Gasteiger partial charge on any atom is -0.464 e. The van der Waals surface area contributed by atoms with Crippen LogP contribution in [0.25, 0.3) is 11.0 Å². The first-order chi connectivity index (χ1) is 10.4. The molecule has 22 heavy (non-hydrogen) atoms. The van der Waals surface area contributed by atoms with E-state index in [0.29, 0.717) is 11.3 Å². The molecular weight excluding hydrogens is 298 g/mol. The highest BCUT2D eigenvalue weighted by atomic mass is 32.2. The maximum atomic E-state index is 12.6. The third kappa shape index (κ3) is 2.60. The van der Waals surface area contributed by atoms with Crippen LogP contribution in [0.4, 0.5) is 5.69 Å². The van der Waals surface area contributed by atoms with Gasteiger partial charge in [-0.15, -0.1) is 0 Å². The molecule has 2 aromatic carbocycles. The fourth-order valence-corrected chi connectivity index (χ4v) is 3.88. The van der Waals surface area contributed by atoms with Gasteiger partial charge < -0.3 is 4.42 Å². The predicted molar refractivity (Wildman–Crippen MR) is 87.7 cm³/mol. The van der Waals surface area contributed by atoms with Crippen molar-refractivity contribution in [2.24, 2.45) is 0 Å². The van der Waals surface area contributed by atoms with Crippen LogP contribution in [0.2, 0.25) is 0 Å². The number of nitrogens with one attached hydrogen (secondary N) is 1. The molecule has 0 radical (unpaired) electrons. The third-order valence-electron chi connectivity index (χ3n) is 3.65. The Hall–Kier alpha value is -2.27. The van der Waals surface area contributed by atoms with Crippen LogP contribution in [0.5, 0.6) is 0 Å². The number of anilines is 1. The molecule has 4 nitrogen and oxygen atoms in total. The lowest BCUT2D eigenvalue weighted by atomic mass is 10.1. The van der Waals surface area contributed by atoms with E-state index < -0.39 is 10.0 Å². The van der Waals surface area contributed by atoms with Gasteiger partial charge in [0.2, 0.25) is 0 Å². The maximum absolute atomic E-state index is 12.6. The lowest BCUT2D eigenvalue weighted by Crippen LogP contribution is -2.14. The molecule has 0 unspecified atom stereocenters. The molecule has 3 rings (SSSR count). The predicted octanol–water partition coefficient (Wildman–Crippen LogP) is 4.16. The summed E-state index contributed by atoms with van der Waals surface area (Å²) in [6, 6.07) is 10.5. The highest BCUT2D eigenvalue weighted by molar-refractivity contribution is 7.92. The van der Waals surface area contributed by atoms with Gasteiger partial charge in [-0.3, -0.25) is 4.72 Å². The van der Waals surface area contributed by atoms with E-state index in [1.807, 2.05) is 32.9 Å². The monoisotopic (exact) mass is 315 g/mol. The standard InChI is InChI=1S/C17H17NO3S/c1-11-8-12(2)17(13(3)9-11)18-22(19,20)15-4-5-16-14(10-15)6-7-21-16/h4-10,18H,1-3H3. The molecule has 0 aliphatic heterocycles. The fraction of sp³-hybridized carbons (Fsp3) is 0.176. The van der Waals surface area contributed by atoms with Crippen molar-refractivity contribution < 1.29 is 12.8 Å². The van der Waals surface area contributed by atoms with E-state index in [2.05, 4.69) is 4.72 Å². The average molecular weight is 315 g/mol. The number of rotatable bonds is 3. The number of hydrogen-bond acceptors (Lipinski definition) is 3. The van der Waals surface area contributed by atoms with Crippen LogP contribution in [-0.4, -0.2) is 8.42 Å². The van der Waals surface area contributed by atoms with Gasteiger partial charge >= 0.3 is 0 Å². The van der Waals surface area contributed by atoms with E-state index in [1.54, 1.807) is 30.5 Å². The van der Waals surface area contributed by atoms with E-state index in [1.165, 1.54) is 0 Å². The van der Waals surface area contributed by atoms with Gasteiger partial charge in [-0.05, 0) is 56.2 Å². The summed E-state index contributed by atoms with van der Waals surface area (Å²) in [6.07, 6.45) is 1.54. The summed E-state index contributed by atoms with van der Waals surface area (Å²) in [4.78, 5) is 0.223. The maximum Gasteiger partial charge on any atom is 0.261 e. The molecule has 114 valence electrons. The Morgan fingerprint density at radius 2 is 1.64 bits per heavy atom. The second kappa shape index (κ2) is 5.18. The molecule has 0 fully saturated rings. The second-order valence-electron chi connectivity index (χ2n) is 5.50. The molecule has 0 bridgehead atoms. The molecule has 0 aliphatic rings. The molecule has 1 aromatic heterocycles. The smallest absolute Gasteiger partial charge is 0.261 e. The quantitative estimate of drug-likeness (QED) is 0.789. The normalized spacial score (nSPS) is 11.8. The number of benzene rings is 2. The van der Waals surface area contributed by atoms with E-state index in [-0.39, 0.29) is 4.90 Å². The zero-order valence-electron chi connectivity index (χ0n) is 12.7. The lowest BCUT2D eigenvalue weighted by Gasteiger charge is -2.14. The van der Waals surface area contributed by atoms with Crippen molar-refractivity contribution in [3.8, 4) is 0 Å². The van der Waals surface area contributed by atoms with Gasteiger partial charge in [-0.1, -0.05) is 17.7 Å². The molecule has 0 saturated heterocycles. The van der Waals surface area contributed by atoms with Crippen LogP contribution in [0.3, 0.4) is 0 Å². The third-order valence-corrected chi connectivity index (χ3v) is 5.00. The van der Waals surface area contributed by atoms with Gasteiger partial charge in [0.25, 0.3) is 10.0 Å². The van der Waals surface area contributed by atoms with Gasteiger partial charge in [-0.25, -0.2) is 8.42 Å². The zero-order chi connectivity index (χ0) is 15.9. The molecule has 0 atom stereocenters. The number of aryl methyl sites for hydroxylation is 3. The topological polar surface area (TPSA) is 59.3 Å². The molecule has 3 aromatic rings. The van der Waals surface area contributed by atoms with E-state index in [4.69, 9.17) is 4.42 Å². The molecule has 5 heteroatoms. The molecular formula is C17H17NO3S.